The molecule has 0 aliphatic carbocycles. The molecule has 0 saturated carbocycles. The maximum Gasteiger partial charge on any atom is 0.233 e. The van der Waals surface area contributed by atoms with E-state index in [0.717, 1.165) is 25.9 Å². The van der Waals surface area contributed by atoms with Gasteiger partial charge in [0.05, 0.1) is 10.4 Å². The summed E-state index contributed by atoms with van der Waals surface area (Å²) in [7, 11) is 0. The summed E-state index contributed by atoms with van der Waals surface area (Å²) in [5.74, 6) is 0.0595. The summed E-state index contributed by atoms with van der Waals surface area (Å²) in [6.07, 6.45) is 2.94. The molecule has 1 aliphatic rings. The molecular formula is C10H18BrNO2. The first kappa shape index (κ1) is 12.0. The van der Waals surface area contributed by atoms with Crippen LogP contribution in [0.15, 0.2) is 0 Å². The van der Waals surface area contributed by atoms with Crippen molar-refractivity contribution in [3.8, 4) is 0 Å². The zero-order chi connectivity index (χ0) is 10.6. The van der Waals surface area contributed by atoms with Gasteiger partial charge in [-0.2, -0.15) is 0 Å². The van der Waals surface area contributed by atoms with E-state index in [4.69, 9.17) is 4.74 Å². The molecular weight excluding hydrogens is 246 g/mol. The minimum atomic E-state index is -0.143. The smallest absolute Gasteiger partial charge is 0.233 e. The number of rotatable bonds is 4. The van der Waals surface area contributed by atoms with E-state index in [0.29, 0.717) is 6.54 Å². The van der Waals surface area contributed by atoms with Gasteiger partial charge in [0.25, 0.3) is 0 Å². The largest absolute Gasteiger partial charge is 0.373 e. The molecule has 0 bridgehead atoms. The molecule has 1 aliphatic heterocycles. The fourth-order valence-electron chi connectivity index (χ4n) is 1.55. The van der Waals surface area contributed by atoms with Crippen molar-refractivity contribution < 1.29 is 9.53 Å². The number of halogens is 1. The highest BCUT2D eigenvalue weighted by Gasteiger charge is 2.30. The number of carbonyl (C=O) groups is 1. The van der Waals surface area contributed by atoms with Crippen LogP contribution in [0.1, 0.15) is 33.1 Å². The molecule has 14 heavy (non-hydrogen) atoms. The van der Waals surface area contributed by atoms with E-state index in [1.165, 1.54) is 0 Å². The van der Waals surface area contributed by atoms with Crippen LogP contribution >= 0.6 is 15.9 Å². The maximum absolute atomic E-state index is 11.5. The summed E-state index contributed by atoms with van der Waals surface area (Å²) in [5.41, 5.74) is -0.143. The third-order valence-corrected chi connectivity index (χ3v) is 3.64. The zero-order valence-electron chi connectivity index (χ0n) is 8.81. The minimum absolute atomic E-state index is 0.0595. The Morgan fingerprint density at radius 3 is 2.93 bits per heavy atom. The van der Waals surface area contributed by atoms with Crippen molar-refractivity contribution in [2.45, 2.75) is 43.5 Å². The summed E-state index contributed by atoms with van der Waals surface area (Å²) < 4.78 is 5.57. The van der Waals surface area contributed by atoms with E-state index in [2.05, 4.69) is 28.2 Å². The molecule has 1 saturated heterocycles. The third-order valence-electron chi connectivity index (χ3n) is 2.58. The first-order valence-corrected chi connectivity index (χ1v) is 6.05. The monoisotopic (exact) mass is 263 g/mol. The first-order chi connectivity index (χ1) is 6.57. The summed E-state index contributed by atoms with van der Waals surface area (Å²) >= 11 is 3.32. The van der Waals surface area contributed by atoms with Gasteiger partial charge in [-0.25, -0.2) is 0 Å². The van der Waals surface area contributed by atoms with Gasteiger partial charge in [0.15, 0.2) is 0 Å². The Morgan fingerprint density at radius 1 is 1.71 bits per heavy atom. The van der Waals surface area contributed by atoms with Gasteiger partial charge >= 0.3 is 0 Å². The van der Waals surface area contributed by atoms with Crippen molar-refractivity contribution in [2.24, 2.45) is 0 Å². The fraction of sp³-hybridized carbons (Fsp3) is 0.900. The van der Waals surface area contributed by atoms with E-state index in [-0.39, 0.29) is 16.3 Å². The van der Waals surface area contributed by atoms with Crippen LogP contribution in [-0.4, -0.2) is 29.5 Å². The molecule has 0 aromatic carbocycles. The van der Waals surface area contributed by atoms with Crippen LogP contribution in [0.3, 0.4) is 0 Å². The average Bonchev–Trinajstić information content (AvgIpc) is 2.61. The van der Waals surface area contributed by atoms with E-state index >= 15 is 0 Å². The molecule has 0 aromatic rings. The van der Waals surface area contributed by atoms with Crippen molar-refractivity contribution in [3.63, 3.8) is 0 Å². The van der Waals surface area contributed by atoms with Crippen LogP contribution in [0.5, 0.6) is 0 Å². The Kier molecular flexibility index (Phi) is 4.38. The van der Waals surface area contributed by atoms with Gasteiger partial charge in [-0.15, -0.1) is 0 Å². The van der Waals surface area contributed by atoms with Gasteiger partial charge in [0.1, 0.15) is 0 Å². The summed E-state index contributed by atoms with van der Waals surface area (Å²) in [6, 6.07) is 0. The third kappa shape index (κ3) is 3.24. The van der Waals surface area contributed by atoms with Crippen molar-refractivity contribution in [3.05, 3.63) is 0 Å². The van der Waals surface area contributed by atoms with E-state index in [1.54, 1.807) is 0 Å². The van der Waals surface area contributed by atoms with Crippen LogP contribution in [0, 0.1) is 0 Å². The lowest BCUT2D eigenvalue weighted by molar-refractivity contribution is -0.121. The van der Waals surface area contributed by atoms with E-state index in [1.807, 2.05) is 6.92 Å². The normalized spacial score (nSPS) is 28.8. The molecule has 1 heterocycles. The fourth-order valence-corrected chi connectivity index (χ4v) is 1.71. The molecule has 0 spiro atoms. The lowest BCUT2D eigenvalue weighted by atomic mass is 10.0. The van der Waals surface area contributed by atoms with E-state index in [9.17, 15) is 4.79 Å². The maximum atomic E-state index is 11.5. The van der Waals surface area contributed by atoms with Crippen LogP contribution in [0.2, 0.25) is 0 Å². The quantitative estimate of drug-likeness (QED) is 0.787. The Bertz CT molecular complexity index is 202. The average molecular weight is 264 g/mol. The Hall–Kier alpha value is -0.0900. The van der Waals surface area contributed by atoms with Crippen molar-refractivity contribution in [2.75, 3.05) is 13.2 Å². The highest BCUT2D eigenvalue weighted by atomic mass is 79.9. The van der Waals surface area contributed by atoms with Crippen LogP contribution < -0.4 is 5.32 Å². The molecule has 3 nitrogen and oxygen atoms in total. The lowest BCUT2D eigenvalue weighted by Gasteiger charge is -2.23. The topological polar surface area (TPSA) is 38.3 Å². The molecule has 82 valence electrons. The molecule has 0 aromatic heterocycles. The molecule has 1 amide bonds. The summed E-state index contributed by atoms with van der Waals surface area (Å²) in [4.78, 5) is 11.4. The number of carbonyl (C=O) groups excluding carboxylic acids is 1. The van der Waals surface area contributed by atoms with Crippen LogP contribution in [-0.2, 0) is 9.53 Å². The van der Waals surface area contributed by atoms with Gasteiger partial charge in [0, 0.05) is 13.2 Å². The minimum Gasteiger partial charge on any atom is -0.373 e. The highest BCUT2D eigenvalue weighted by Crippen LogP contribution is 2.23. The predicted molar refractivity (Wildman–Crippen MR) is 59.6 cm³/mol. The number of hydrogen-bond acceptors (Lipinski definition) is 2. The summed E-state index contributed by atoms with van der Waals surface area (Å²) in [6.45, 7) is 5.47. The summed E-state index contributed by atoms with van der Waals surface area (Å²) in [5, 5.41) is 2.90. The molecule has 1 fully saturated rings. The number of nitrogens with one attached hydrogen (secondary N) is 1. The molecule has 1 N–H and O–H groups in total. The van der Waals surface area contributed by atoms with Crippen molar-refractivity contribution in [1.82, 2.24) is 5.32 Å². The number of hydrogen-bond donors (Lipinski definition) is 1. The molecule has 2 unspecified atom stereocenters. The molecule has 2 atom stereocenters. The Balaban J connectivity index is 2.29. The Labute approximate surface area is 93.7 Å². The lowest BCUT2D eigenvalue weighted by Crippen LogP contribution is -2.42. The molecule has 4 heteroatoms. The van der Waals surface area contributed by atoms with Gasteiger partial charge in [0.2, 0.25) is 5.91 Å². The van der Waals surface area contributed by atoms with Crippen molar-refractivity contribution in [1.29, 1.82) is 0 Å². The predicted octanol–water partition coefficient (Wildman–Crippen LogP) is 1.85. The SMILES string of the molecule is CCC(Br)C(=O)NCC1(C)CCCO1. The van der Waals surface area contributed by atoms with Crippen molar-refractivity contribution >= 4 is 21.8 Å². The second-order valence-electron chi connectivity index (χ2n) is 4.00. The Morgan fingerprint density at radius 2 is 2.43 bits per heavy atom. The zero-order valence-corrected chi connectivity index (χ0v) is 10.4. The van der Waals surface area contributed by atoms with Gasteiger partial charge < -0.3 is 10.1 Å². The van der Waals surface area contributed by atoms with Crippen LogP contribution in [0.25, 0.3) is 0 Å². The standard InChI is InChI=1S/C10H18BrNO2/c1-3-8(11)9(13)12-7-10(2)5-4-6-14-10/h8H,3-7H2,1-2H3,(H,12,13). The second kappa shape index (κ2) is 5.12. The first-order valence-electron chi connectivity index (χ1n) is 5.13. The van der Waals surface area contributed by atoms with Gasteiger partial charge in [-0.1, -0.05) is 22.9 Å². The molecule has 1 rings (SSSR count). The van der Waals surface area contributed by atoms with Gasteiger partial charge in [-0.05, 0) is 26.2 Å². The van der Waals surface area contributed by atoms with Gasteiger partial charge in [-0.3, -0.25) is 4.79 Å². The highest BCUT2D eigenvalue weighted by molar-refractivity contribution is 9.10. The second-order valence-corrected chi connectivity index (χ2v) is 5.10. The number of ether oxygens (including phenoxy) is 1. The van der Waals surface area contributed by atoms with E-state index < -0.39 is 0 Å². The number of amides is 1. The van der Waals surface area contributed by atoms with Crippen LogP contribution in [0.4, 0.5) is 0 Å². The molecule has 0 radical (unpaired) electrons. The number of alkyl halides is 1.